The van der Waals surface area contributed by atoms with Crippen LogP contribution in [-0.4, -0.2) is 14.8 Å². The lowest BCUT2D eigenvalue weighted by molar-refractivity contribution is 0.291. The predicted molar refractivity (Wildman–Crippen MR) is 68.9 cm³/mol. The van der Waals surface area contributed by atoms with Crippen molar-refractivity contribution >= 4 is 23.8 Å². The van der Waals surface area contributed by atoms with Gasteiger partial charge in [-0.2, -0.15) is 5.10 Å². The Balaban J connectivity index is 2.15. The first kappa shape index (κ1) is 12.1. The van der Waals surface area contributed by atoms with Crippen LogP contribution in [0.1, 0.15) is 11.4 Å². The van der Waals surface area contributed by atoms with Crippen LogP contribution in [0.15, 0.2) is 18.2 Å². The van der Waals surface area contributed by atoms with E-state index >= 15 is 0 Å². The molecule has 0 unspecified atom stereocenters. The maximum absolute atomic E-state index is 6.03. The summed E-state index contributed by atoms with van der Waals surface area (Å²) < 4.78 is 7.95. The fourth-order valence-corrected chi connectivity index (χ4v) is 1.70. The van der Waals surface area contributed by atoms with Gasteiger partial charge in [0.15, 0.2) is 10.6 Å². The summed E-state index contributed by atoms with van der Waals surface area (Å²) in [5.41, 5.74) is 1.10. The number of benzene rings is 1. The number of aryl methyl sites for hydroxylation is 1. The molecule has 1 aromatic heterocycles. The molecule has 0 saturated heterocycles. The van der Waals surface area contributed by atoms with Gasteiger partial charge in [0, 0.05) is 7.05 Å². The molecule has 1 aromatic carbocycles. The van der Waals surface area contributed by atoms with Gasteiger partial charge in [-0.1, -0.05) is 17.7 Å². The first-order chi connectivity index (χ1) is 8.08. The Bertz CT molecular complexity index is 591. The summed E-state index contributed by atoms with van der Waals surface area (Å²) in [6.07, 6.45) is 0. The van der Waals surface area contributed by atoms with E-state index in [1.54, 1.807) is 4.57 Å². The van der Waals surface area contributed by atoms with Crippen LogP contribution in [0.4, 0.5) is 0 Å². The van der Waals surface area contributed by atoms with Gasteiger partial charge in [-0.05, 0) is 36.8 Å². The molecule has 0 amide bonds. The Labute approximate surface area is 109 Å². The fraction of sp³-hybridized carbons (Fsp3) is 0.273. The van der Waals surface area contributed by atoms with Crippen molar-refractivity contribution in [1.82, 2.24) is 14.8 Å². The predicted octanol–water partition coefficient (Wildman–Crippen LogP) is 3.02. The minimum absolute atomic E-state index is 0.326. The highest BCUT2D eigenvalue weighted by molar-refractivity contribution is 7.71. The number of nitrogens with one attached hydrogen (secondary N) is 1. The van der Waals surface area contributed by atoms with Crippen molar-refractivity contribution < 1.29 is 4.74 Å². The molecule has 0 aliphatic carbocycles. The number of nitrogens with zero attached hydrogens (tertiary/aromatic N) is 2. The van der Waals surface area contributed by atoms with Crippen molar-refractivity contribution in [2.24, 2.45) is 7.05 Å². The Morgan fingerprint density at radius 2 is 2.29 bits per heavy atom. The third-order valence-corrected chi connectivity index (χ3v) is 3.09. The molecule has 1 heterocycles. The van der Waals surface area contributed by atoms with E-state index in [9.17, 15) is 0 Å². The fourth-order valence-electron chi connectivity index (χ4n) is 1.37. The Kier molecular flexibility index (Phi) is 3.49. The quantitative estimate of drug-likeness (QED) is 0.871. The highest BCUT2D eigenvalue weighted by atomic mass is 35.5. The standard InChI is InChI=1S/C11H12ClN3OS/c1-7-3-4-8(12)9(5-7)16-6-10-13-14-11(17)15(10)2/h3-5H,6H2,1-2H3,(H,14,17). The summed E-state index contributed by atoms with van der Waals surface area (Å²) in [5.74, 6) is 1.38. The van der Waals surface area contributed by atoms with Gasteiger partial charge in [0.25, 0.3) is 0 Å². The van der Waals surface area contributed by atoms with Crippen LogP contribution in [0.2, 0.25) is 5.02 Å². The van der Waals surface area contributed by atoms with E-state index in [1.807, 2.05) is 32.2 Å². The number of hydrogen-bond acceptors (Lipinski definition) is 3. The number of halogens is 1. The molecule has 0 aliphatic rings. The molecular formula is C11H12ClN3OS. The first-order valence-corrected chi connectivity index (χ1v) is 5.86. The van der Waals surface area contributed by atoms with Crippen molar-refractivity contribution in [3.63, 3.8) is 0 Å². The van der Waals surface area contributed by atoms with E-state index in [0.29, 0.717) is 22.2 Å². The molecule has 6 heteroatoms. The summed E-state index contributed by atoms with van der Waals surface area (Å²) in [6.45, 7) is 2.31. The van der Waals surface area contributed by atoms with E-state index in [2.05, 4.69) is 10.2 Å². The Morgan fingerprint density at radius 1 is 1.53 bits per heavy atom. The summed E-state index contributed by atoms with van der Waals surface area (Å²) in [6, 6.07) is 5.64. The zero-order valence-corrected chi connectivity index (χ0v) is 11.1. The number of ether oxygens (including phenoxy) is 1. The molecule has 0 spiro atoms. The lowest BCUT2D eigenvalue weighted by Gasteiger charge is -2.08. The number of aromatic nitrogens is 3. The second-order valence-corrected chi connectivity index (χ2v) is 4.52. The van der Waals surface area contributed by atoms with Gasteiger partial charge in [-0.3, -0.25) is 5.10 Å². The van der Waals surface area contributed by atoms with Gasteiger partial charge >= 0.3 is 0 Å². The van der Waals surface area contributed by atoms with Gasteiger partial charge < -0.3 is 9.30 Å². The summed E-state index contributed by atoms with van der Waals surface area (Å²) in [4.78, 5) is 0. The smallest absolute Gasteiger partial charge is 0.194 e. The maximum atomic E-state index is 6.03. The van der Waals surface area contributed by atoms with Gasteiger partial charge in [-0.25, -0.2) is 0 Å². The second-order valence-electron chi connectivity index (χ2n) is 3.73. The van der Waals surface area contributed by atoms with E-state index in [0.717, 1.165) is 11.4 Å². The summed E-state index contributed by atoms with van der Waals surface area (Å²) >= 11 is 11.0. The summed E-state index contributed by atoms with van der Waals surface area (Å²) in [7, 11) is 1.84. The minimum atomic E-state index is 0.326. The molecule has 0 bridgehead atoms. The molecule has 0 radical (unpaired) electrons. The van der Waals surface area contributed by atoms with Gasteiger partial charge in [0.1, 0.15) is 12.4 Å². The Morgan fingerprint density at radius 3 is 2.94 bits per heavy atom. The van der Waals surface area contributed by atoms with Crippen LogP contribution in [0.3, 0.4) is 0 Å². The largest absolute Gasteiger partial charge is 0.484 e. The zero-order chi connectivity index (χ0) is 12.4. The van der Waals surface area contributed by atoms with Crippen molar-refractivity contribution in [2.75, 3.05) is 0 Å². The average Bonchev–Trinajstić information content (AvgIpc) is 2.62. The number of H-pyrrole nitrogens is 1. The number of hydrogen-bond donors (Lipinski definition) is 1. The normalized spacial score (nSPS) is 10.5. The summed E-state index contributed by atoms with van der Waals surface area (Å²) in [5, 5.41) is 7.35. The topological polar surface area (TPSA) is 42.8 Å². The van der Waals surface area contributed by atoms with Crippen molar-refractivity contribution in [3.05, 3.63) is 39.4 Å². The monoisotopic (exact) mass is 269 g/mol. The lowest BCUT2D eigenvalue weighted by Crippen LogP contribution is -2.03. The molecule has 17 heavy (non-hydrogen) atoms. The Hall–Kier alpha value is -1.33. The molecule has 2 aromatic rings. The lowest BCUT2D eigenvalue weighted by atomic mass is 10.2. The number of rotatable bonds is 3. The molecule has 1 N–H and O–H groups in total. The van der Waals surface area contributed by atoms with Crippen molar-refractivity contribution in [2.45, 2.75) is 13.5 Å². The average molecular weight is 270 g/mol. The van der Waals surface area contributed by atoms with Crippen molar-refractivity contribution in [3.8, 4) is 5.75 Å². The minimum Gasteiger partial charge on any atom is -0.484 e. The van der Waals surface area contributed by atoms with Crippen LogP contribution >= 0.6 is 23.8 Å². The highest BCUT2D eigenvalue weighted by Crippen LogP contribution is 2.25. The van der Waals surface area contributed by atoms with Crippen LogP contribution in [0, 0.1) is 11.7 Å². The van der Waals surface area contributed by atoms with E-state index in [1.165, 1.54) is 0 Å². The highest BCUT2D eigenvalue weighted by Gasteiger charge is 2.06. The van der Waals surface area contributed by atoms with Gasteiger partial charge in [0.2, 0.25) is 0 Å². The third-order valence-electron chi connectivity index (χ3n) is 2.42. The van der Waals surface area contributed by atoms with E-state index in [4.69, 9.17) is 28.6 Å². The molecule has 0 aliphatic heterocycles. The van der Waals surface area contributed by atoms with Crippen LogP contribution in [0.25, 0.3) is 0 Å². The van der Waals surface area contributed by atoms with Crippen LogP contribution in [0.5, 0.6) is 5.75 Å². The van der Waals surface area contributed by atoms with Crippen molar-refractivity contribution in [1.29, 1.82) is 0 Å². The van der Waals surface area contributed by atoms with Gasteiger partial charge in [0.05, 0.1) is 5.02 Å². The first-order valence-electron chi connectivity index (χ1n) is 5.07. The molecule has 90 valence electrons. The van der Waals surface area contributed by atoms with Gasteiger partial charge in [-0.15, -0.1) is 0 Å². The van der Waals surface area contributed by atoms with Crippen LogP contribution < -0.4 is 4.74 Å². The molecule has 0 saturated carbocycles. The second kappa shape index (κ2) is 4.89. The molecule has 0 atom stereocenters. The molecule has 4 nitrogen and oxygen atoms in total. The van der Waals surface area contributed by atoms with E-state index in [-0.39, 0.29) is 0 Å². The zero-order valence-electron chi connectivity index (χ0n) is 9.53. The molecular weight excluding hydrogens is 258 g/mol. The maximum Gasteiger partial charge on any atom is 0.194 e. The SMILES string of the molecule is Cc1ccc(Cl)c(OCc2n[nH]c(=S)n2C)c1. The third kappa shape index (κ3) is 2.68. The molecule has 0 fully saturated rings. The van der Waals surface area contributed by atoms with E-state index < -0.39 is 0 Å². The van der Waals surface area contributed by atoms with Crippen LogP contribution in [-0.2, 0) is 13.7 Å². The molecule has 2 rings (SSSR count). The number of aromatic amines is 1.